The average Bonchev–Trinajstić information content (AvgIpc) is 3.04. The molecular weight excluding hydrogens is 330 g/mol. The molecule has 1 fully saturated rings. The second-order valence-electron chi connectivity index (χ2n) is 5.80. The molecule has 3 N–H and O–H groups in total. The summed E-state index contributed by atoms with van der Waals surface area (Å²) in [5.74, 6) is 0.150. The van der Waals surface area contributed by atoms with Crippen molar-refractivity contribution in [3.05, 3.63) is 42.5 Å². The summed E-state index contributed by atoms with van der Waals surface area (Å²) in [6, 6.07) is 9.83. The van der Waals surface area contributed by atoms with Crippen LogP contribution in [0.25, 0.3) is 0 Å². The fraction of sp³-hybridized carbons (Fsp3) is 0.294. The zero-order chi connectivity index (χ0) is 17.2. The molecule has 2 aromatic rings. The molecule has 0 amide bonds. The standard InChI is InChI=1S/C17H19NO5S/c19-12-5-10-16(17(20)11-12)18-24(21,22)15-8-6-14(7-9-15)23-13-3-1-2-4-13/h5-11,13,18-20H,1-4H2. The summed E-state index contributed by atoms with van der Waals surface area (Å²) in [6.07, 6.45) is 4.59. The molecule has 1 aliphatic rings. The average molecular weight is 349 g/mol. The van der Waals surface area contributed by atoms with Gasteiger partial charge in [-0.15, -0.1) is 0 Å². The molecule has 0 bridgehead atoms. The van der Waals surface area contributed by atoms with Crippen LogP contribution in [0.15, 0.2) is 47.4 Å². The van der Waals surface area contributed by atoms with Gasteiger partial charge in [-0.25, -0.2) is 8.42 Å². The minimum Gasteiger partial charge on any atom is -0.508 e. The quantitative estimate of drug-likeness (QED) is 0.569. The van der Waals surface area contributed by atoms with Crippen molar-refractivity contribution in [3.8, 4) is 17.2 Å². The number of hydrogen-bond acceptors (Lipinski definition) is 5. The minimum atomic E-state index is -3.84. The van der Waals surface area contributed by atoms with E-state index in [1.807, 2.05) is 0 Å². The molecule has 7 heteroatoms. The number of benzene rings is 2. The van der Waals surface area contributed by atoms with E-state index >= 15 is 0 Å². The van der Waals surface area contributed by atoms with Crippen LogP contribution in [0.3, 0.4) is 0 Å². The lowest BCUT2D eigenvalue weighted by Gasteiger charge is -2.14. The first-order chi connectivity index (χ1) is 11.4. The first-order valence-corrected chi connectivity index (χ1v) is 9.24. The van der Waals surface area contributed by atoms with Crippen molar-refractivity contribution >= 4 is 15.7 Å². The Morgan fingerprint density at radius 2 is 1.67 bits per heavy atom. The van der Waals surface area contributed by atoms with Crippen LogP contribution in [-0.4, -0.2) is 24.7 Å². The van der Waals surface area contributed by atoms with E-state index in [1.165, 1.54) is 24.3 Å². The van der Waals surface area contributed by atoms with Crippen LogP contribution in [0.1, 0.15) is 25.7 Å². The Kier molecular flexibility index (Phi) is 4.53. The molecule has 1 aliphatic carbocycles. The van der Waals surface area contributed by atoms with Gasteiger partial charge < -0.3 is 14.9 Å². The first-order valence-electron chi connectivity index (χ1n) is 7.75. The summed E-state index contributed by atoms with van der Waals surface area (Å²) in [5, 5.41) is 18.9. The van der Waals surface area contributed by atoms with E-state index in [0.29, 0.717) is 5.75 Å². The molecule has 1 saturated carbocycles. The lowest BCUT2D eigenvalue weighted by Crippen LogP contribution is -2.14. The van der Waals surface area contributed by atoms with E-state index in [2.05, 4.69) is 4.72 Å². The maximum Gasteiger partial charge on any atom is 0.262 e. The first kappa shape index (κ1) is 16.4. The molecule has 6 nitrogen and oxygen atoms in total. The summed E-state index contributed by atoms with van der Waals surface area (Å²) in [6.45, 7) is 0. The number of nitrogens with one attached hydrogen (secondary N) is 1. The predicted octanol–water partition coefficient (Wildman–Crippen LogP) is 3.22. The second kappa shape index (κ2) is 6.60. The number of aromatic hydroxyl groups is 2. The highest BCUT2D eigenvalue weighted by atomic mass is 32.2. The minimum absolute atomic E-state index is 0.000850. The summed E-state index contributed by atoms with van der Waals surface area (Å²) >= 11 is 0. The SMILES string of the molecule is O=S(=O)(Nc1ccc(O)cc1O)c1ccc(OC2CCCC2)cc1. The zero-order valence-electron chi connectivity index (χ0n) is 13.0. The number of rotatable bonds is 5. The van der Waals surface area contributed by atoms with Gasteiger partial charge in [-0.05, 0) is 62.1 Å². The maximum atomic E-state index is 12.4. The fourth-order valence-electron chi connectivity index (χ4n) is 2.71. The van der Waals surface area contributed by atoms with Crippen molar-refractivity contribution in [2.24, 2.45) is 0 Å². The van der Waals surface area contributed by atoms with Gasteiger partial charge in [-0.2, -0.15) is 0 Å². The number of phenols is 2. The number of phenolic OH excluding ortho intramolecular Hbond substituents is 2. The lowest BCUT2D eigenvalue weighted by molar-refractivity contribution is 0.210. The smallest absolute Gasteiger partial charge is 0.262 e. The summed E-state index contributed by atoms with van der Waals surface area (Å²) in [5.41, 5.74) is -0.000850. The van der Waals surface area contributed by atoms with Gasteiger partial charge in [0.25, 0.3) is 10.0 Å². The van der Waals surface area contributed by atoms with Crippen LogP contribution in [0.5, 0.6) is 17.2 Å². The topological polar surface area (TPSA) is 95.9 Å². The Morgan fingerprint density at radius 3 is 2.29 bits per heavy atom. The Hall–Kier alpha value is -2.41. The monoisotopic (exact) mass is 349 g/mol. The largest absolute Gasteiger partial charge is 0.508 e. The Bertz CT molecular complexity index is 811. The number of ether oxygens (including phenoxy) is 1. The Balaban J connectivity index is 1.74. The van der Waals surface area contributed by atoms with Crippen LogP contribution in [0, 0.1) is 0 Å². The molecule has 0 heterocycles. The maximum absolute atomic E-state index is 12.4. The van der Waals surface area contributed by atoms with Crippen LogP contribution < -0.4 is 9.46 Å². The Labute approximate surface area is 140 Å². The van der Waals surface area contributed by atoms with E-state index in [1.54, 1.807) is 12.1 Å². The van der Waals surface area contributed by atoms with Gasteiger partial charge in [-0.1, -0.05) is 0 Å². The van der Waals surface area contributed by atoms with E-state index in [9.17, 15) is 18.6 Å². The van der Waals surface area contributed by atoms with Crippen LogP contribution in [-0.2, 0) is 10.0 Å². The van der Waals surface area contributed by atoms with Gasteiger partial charge in [-0.3, -0.25) is 4.72 Å². The van der Waals surface area contributed by atoms with E-state index in [0.717, 1.165) is 31.7 Å². The van der Waals surface area contributed by atoms with Crippen molar-refractivity contribution in [3.63, 3.8) is 0 Å². The van der Waals surface area contributed by atoms with E-state index in [4.69, 9.17) is 4.74 Å². The Morgan fingerprint density at radius 1 is 1.00 bits per heavy atom. The van der Waals surface area contributed by atoms with Crippen molar-refractivity contribution in [2.45, 2.75) is 36.7 Å². The molecule has 0 saturated heterocycles. The van der Waals surface area contributed by atoms with Crippen molar-refractivity contribution < 1.29 is 23.4 Å². The fourth-order valence-corrected chi connectivity index (χ4v) is 3.78. The van der Waals surface area contributed by atoms with Gasteiger partial charge in [0, 0.05) is 6.07 Å². The number of sulfonamides is 1. The van der Waals surface area contributed by atoms with Gasteiger partial charge >= 0.3 is 0 Å². The highest BCUT2D eigenvalue weighted by Gasteiger charge is 2.19. The normalized spacial score (nSPS) is 15.3. The molecular formula is C17H19NO5S. The van der Waals surface area contributed by atoms with Crippen LogP contribution >= 0.6 is 0 Å². The van der Waals surface area contributed by atoms with Crippen molar-refractivity contribution in [1.29, 1.82) is 0 Å². The molecule has 0 aromatic heterocycles. The highest BCUT2D eigenvalue weighted by Crippen LogP contribution is 2.30. The molecule has 0 spiro atoms. The van der Waals surface area contributed by atoms with Gasteiger partial charge in [0.15, 0.2) is 0 Å². The van der Waals surface area contributed by atoms with E-state index in [-0.39, 0.29) is 28.2 Å². The third-order valence-electron chi connectivity index (χ3n) is 3.96. The molecule has 3 rings (SSSR count). The molecule has 128 valence electrons. The molecule has 24 heavy (non-hydrogen) atoms. The highest BCUT2D eigenvalue weighted by molar-refractivity contribution is 7.92. The summed E-state index contributed by atoms with van der Waals surface area (Å²) < 4.78 is 32.8. The van der Waals surface area contributed by atoms with Gasteiger partial charge in [0.1, 0.15) is 17.2 Å². The molecule has 2 aromatic carbocycles. The van der Waals surface area contributed by atoms with E-state index < -0.39 is 10.0 Å². The van der Waals surface area contributed by atoms with Crippen molar-refractivity contribution in [1.82, 2.24) is 0 Å². The molecule has 0 radical (unpaired) electrons. The lowest BCUT2D eigenvalue weighted by atomic mass is 10.3. The summed E-state index contributed by atoms with van der Waals surface area (Å²) in [7, 11) is -3.84. The molecule has 0 aliphatic heterocycles. The second-order valence-corrected chi connectivity index (χ2v) is 7.49. The van der Waals surface area contributed by atoms with Gasteiger partial charge in [0.2, 0.25) is 0 Å². The zero-order valence-corrected chi connectivity index (χ0v) is 13.8. The van der Waals surface area contributed by atoms with Crippen LogP contribution in [0.4, 0.5) is 5.69 Å². The van der Waals surface area contributed by atoms with Crippen molar-refractivity contribution in [2.75, 3.05) is 4.72 Å². The van der Waals surface area contributed by atoms with Gasteiger partial charge in [0.05, 0.1) is 16.7 Å². The molecule has 0 unspecified atom stereocenters. The third-order valence-corrected chi connectivity index (χ3v) is 5.35. The number of anilines is 1. The summed E-state index contributed by atoms with van der Waals surface area (Å²) in [4.78, 5) is 0.0637. The molecule has 0 atom stereocenters. The van der Waals surface area contributed by atoms with Crippen LogP contribution in [0.2, 0.25) is 0 Å². The number of hydrogen-bond donors (Lipinski definition) is 3. The predicted molar refractivity (Wildman–Crippen MR) is 89.9 cm³/mol. The third kappa shape index (κ3) is 3.73.